The maximum Gasteiger partial charge on any atom is 0.272 e. The fourth-order valence-corrected chi connectivity index (χ4v) is 2.60. The molecule has 0 radical (unpaired) electrons. The highest BCUT2D eigenvalue weighted by Gasteiger charge is 2.14. The van der Waals surface area contributed by atoms with Gasteiger partial charge in [0.15, 0.2) is 0 Å². The van der Waals surface area contributed by atoms with E-state index in [1.165, 1.54) is 12.1 Å². The fraction of sp³-hybridized carbons (Fsp3) is 0.118. The predicted molar refractivity (Wildman–Crippen MR) is 92.0 cm³/mol. The molecule has 0 saturated heterocycles. The van der Waals surface area contributed by atoms with Gasteiger partial charge in [0.2, 0.25) is 0 Å². The zero-order valence-corrected chi connectivity index (χ0v) is 13.4. The second-order valence-corrected chi connectivity index (χ2v) is 5.83. The van der Waals surface area contributed by atoms with Crippen molar-refractivity contribution in [1.82, 2.24) is 4.98 Å². The summed E-state index contributed by atoms with van der Waals surface area (Å²) in [6.07, 6.45) is 0. The van der Waals surface area contributed by atoms with E-state index in [2.05, 4.69) is 10.3 Å². The summed E-state index contributed by atoms with van der Waals surface area (Å²) in [5.74, 6) is -0.722. The van der Waals surface area contributed by atoms with E-state index >= 15 is 0 Å². The van der Waals surface area contributed by atoms with Crippen LogP contribution in [0.15, 0.2) is 42.5 Å². The molecule has 0 aliphatic rings. The number of carbonyl (C=O) groups excluding carboxylic acids is 1. The number of aromatic amines is 1. The van der Waals surface area contributed by atoms with Crippen molar-refractivity contribution < 1.29 is 9.18 Å². The Morgan fingerprint density at radius 2 is 2.00 bits per heavy atom. The van der Waals surface area contributed by atoms with Crippen molar-refractivity contribution in [1.29, 1.82) is 0 Å². The Labute approximate surface area is 137 Å². The number of anilines is 2. The number of amides is 1. The molecule has 0 bridgehead atoms. The monoisotopic (exact) mass is 331 g/mol. The zero-order chi connectivity index (χ0) is 16.6. The van der Waals surface area contributed by atoms with E-state index in [4.69, 9.17) is 11.6 Å². The summed E-state index contributed by atoms with van der Waals surface area (Å²) in [4.78, 5) is 17.2. The van der Waals surface area contributed by atoms with Gasteiger partial charge in [-0.15, -0.1) is 0 Å². The standard InChI is InChI=1S/C17H15ClFN3O/c1-22(2)16-7-6-10(18)8-14(16)21-17(23)15-9-11-12(19)4-3-5-13(11)20-15/h3-9,20H,1-2H3,(H,21,23). The molecule has 0 atom stereocenters. The first-order valence-corrected chi connectivity index (χ1v) is 7.39. The lowest BCUT2D eigenvalue weighted by atomic mass is 10.2. The van der Waals surface area contributed by atoms with Gasteiger partial charge in [-0.3, -0.25) is 4.79 Å². The molecule has 1 amide bonds. The normalized spacial score (nSPS) is 10.8. The van der Waals surface area contributed by atoms with Crippen LogP contribution in [0.25, 0.3) is 10.9 Å². The third-order valence-corrected chi connectivity index (χ3v) is 3.78. The molecule has 3 rings (SSSR count). The maximum absolute atomic E-state index is 13.7. The fourth-order valence-electron chi connectivity index (χ4n) is 2.43. The van der Waals surface area contributed by atoms with Crippen molar-refractivity contribution in [3.63, 3.8) is 0 Å². The molecule has 6 heteroatoms. The van der Waals surface area contributed by atoms with Crippen LogP contribution in [0.4, 0.5) is 15.8 Å². The van der Waals surface area contributed by atoms with Crippen molar-refractivity contribution in [2.45, 2.75) is 0 Å². The van der Waals surface area contributed by atoms with Crippen LogP contribution in [0.5, 0.6) is 0 Å². The van der Waals surface area contributed by atoms with Crippen LogP contribution >= 0.6 is 11.6 Å². The van der Waals surface area contributed by atoms with E-state index in [1.54, 1.807) is 24.3 Å². The summed E-state index contributed by atoms with van der Waals surface area (Å²) >= 11 is 6.01. The number of benzene rings is 2. The van der Waals surface area contributed by atoms with Gasteiger partial charge in [-0.05, 0) is 36.4 Å². The van der Waals surface area contributed by atoms with E-state index in [0.29, 0.717) is 21.6 Å². The first-order chi connectivity index (χ1) is 11.0. The lowest BCUT2D eigenvalue weighted by molar-refractivity contribution is 0.102. The quantitative estimate of drug-likeness (QED) is 0.752. The number of H-pyrrole nitrogens is 1. The third-order valence-electron chi connectivity index (χ3n) is 3.54. The Kier molecular flexibility index (Phi) is 3.96. The number of nitrogens with one attached hydrogen (secondary N) is 2. The zero-order valence-electron chi connectivity index (χ0n) is 12.7. The third kappa shape index (κ3) is 3.00. The van der Waals surface area contributed by atoms with E-state index in [-0.39, 0.29) is 17.4 Å². The average Bonchev–Trinajstić information content (AvgIpc) is 2.92. The molecule has 0 spiro atoms. The maximum atomic E-state index is 13.7. The SMILES string of the molecule is CN(C)c1ccc(Cl)cc1NC(=O)c1cc2c(F)cccc2[nH]1. The highest BCUT2D eigenvalue weighted by Crippen LogP contribution is 2.28. The van der Waals surface area contributed by atoms with Gasteiger partial charge in [0, 0.05) is 30.0 Å². The largest absolute Gasteiger partial charge is 0.376 e. The lowest BCUT2D eigenvalue weighted by Crippen LogP contribution is -2.17. The van der Waals surface area contributed by atoms with E-state index in [9.17, 15) is 9.18 Å². The van der Waals surface area contributed by atoms with Crippen LogP contribution in [0.1, 0.15) is 10.5 Å². The molecule has 0 aliphatic heterocycles. The Morgan fingerprint density at radius 3 is 2.70 bits per heavy atom. The van der Waals surface area contributed by atoms with Crippen LogP contribution in [0.3, 0.4) is 0 Å². The number of halogens is 2. The Morgan fingerprint density at radius 1 is 1.22 bits per heavy atom. The van der Waals surface area contributed by atoms with Crippen molar-refractivity contribution in [2.24, 2.45) is 0 Å². The van der Waals surface area contributed by atoms with Crippen molar-refractivity contribution in [2.75, 3.05) is 24.3 Å². The summed E-state index contributed by atoms with van der Waals surface area (Å²) in [5, 5.41) is 3.72. The van der Waals surface area contributed by atoms with Crippen molar-refractivity contribution >= 4 is 39.8 Å². The van der Waals surface area contributed by atoms with Gasteiger partial charge in [-0.1, -0.05) is 17.7 Å². The van der Waals surface area contributed by atoms with E-state index in [0.717, 1.165) is 5.69 Å². The van der Waals surface area contributed by atoms with Crippen LogP contribution < -0.4 is 10.2 Å². The second kappa shape index (κ2) is 5.93. The molecular formula is C17H15ClFN3O. The molecule has 1 aromatic heterocycles. The van der Waals surface area contributed by atoms with Crippen molar-refractivity contribution in [3.8, 4) is 0 Å². The van der Waals surface area contributed by atoms with Gasteiger partial charge in [0.1, 0.15) is 11.5 Å². The average molecular weight is 332 g/mol. The van der Waals surface area contributed by atoms with E-state index in [1.807, 2.05) is 25.1 Å². The molecule has 2 aromatic carbocycles. The summed E-state index contributed by atoms with van der Waals surface area (Å²) in [5.41, 5.74) is 2.28. The Hall–Kier alpha value is -2.53. The lowest BCUT2D eigenvalue weighted by Gasteiger charge is -2.18. The number of fused-ring (bicyclic) bond motifs is 1. The highest BCUT2D eigenvalue weighted by molar-refractivity contribution is 6.31. The number of nitrogens with zero attached hydrogens (tertiary/aromatic N) is 1. The first-order valence-electron chi connectivity index (χ1n) is 7.01. The van der Waals surface area contributed by atoms with Crippen LogP contribution in [0, 0.1) is 5.82 Å². The second-order valence-electron chi connectivity index (χ2n) is 5.39. The predicted octanol–water partition coefficient (Wildman–Crippen LogP) is 4.28. The topological polar surface area (TPSA) is 48.1 Å². The minimum absolute atomic E-state index is 0.287. The number of carbonyl (C=O) groups is 1. The molecule has 0 fully saturated rings. The van der Waals surface area contributed by atoms with Crippen molar-refractivity contribution in [3.05, 3.63) is 59.0 Å². The first kappa shape index (κ1) is 15.4. The Bertz CT molecular complexity index is 889. The molecule has 0 unspecified atom stereocenters. The van der Waals surface area contributed by atoms with Gasteiger partial charge < -0.3 is 15.2 Å². The molecule has 2 N–H and O–H groups in total. The number of hydrogen-bond donors (Lipinski definition) is 2. The molecule has 0 aliphatic carbocycles. The molecule has 23 heavy (non-hydrogen) atoms. The molecule has 118 valence electrons. The minimum Gasteiger partial charge on any atom is -0.376 e. The molecule has 0 saturated carbocycles. The number of aromatic nitrogens is 1. The minimum atomic E-state index is -0.366. The van der Waals surface area contributed by atoms with Gasteiger partial charge >= 0.3 is 0 Å². The van der Waals surface area contributed by atoms with Crippen LogP contribution in [-0.4, -0.2) is 25.0 Å². The van der Waals surface area contributed by atoms with Gasteiger partial charge in [-0.25, -0.2) is 4.39 Å². The van der Waals surface area contributed by atoms with Crippen LogP contribution in [-0.2, 0) is 0 Å². The van der Waals surface area contributed by atoms with Gasteiger partial charge in [-0.2, -0.15) is 0 Å². The van der Waals surface area contributed by atoms with E-state index < -0.39 is 0 Å². The molecule has 1 heterocycles. The summed E-state index contributed by atoms with van der Waals surface area (Å²) in [7, 11) is 3.74. The number of rotatable bonds is 3. The molecular weight excluding hydrogens is 317 g/mol. The number of hydrogen-bond acceptors (Lipinski definition) is 2. The summed E-state index contributed by atoms with van der Waals surface area (Å²) in [6, 6.07) is 11.4. The summed E-state index contributed by atoms with van der Waals surface area (Å²) < 4.78 is 13.7. The summed E-state index contributed by atoms with van der Waals surface area (Å²) in [6.45, 7) is 0. The van der Waals surface area contributed by atoms with Crippen LogP contribution in [0.2, 0.25) is 5.02 Å². The molecule has 4 nitrogen and oxygen atoms in total. The smallest absolute Gasteiger partial charge is 0.272 e. The Balaban J connectivity index is 1.95. The highest BCUT2D eigenvalue weighted by atomic mass is 35.5. The van der Waals surface area contributed by atoms with Gasteiger partial charge in [0.25, 0.3) is 5.91 Å². The molecule has 3 aromatic rings. The van der Waals surface area contributed by atoms with Gasteiger partial charge in [0.05, 0.1) is 11.4 Å².